The van der Waals surface area contributed by atoms with Gasteiger partial charge in [-0.25, -0.2) is 4.79 Å². The zero-order chi connectivity index (χ0) is 12.7. The van der Waals surface area contributed by atoms with Crippen LogP contribution in [0.2, 0.25) is 0 Å². The molecule has 2 aliphatic carbocycles. The Bertz CT molecular complexity index is 478. The van der Waals surface area contributed by atoms with Crippen LogP contribution in [0.25, 0.3) is 0 Å². The molecular weight excluding hydrogens is 296 g/mol. The second kappa shape index (κ2) is 4.57. The van der Waals surface area contributed by atoms with Gasteiger partial charge in [-0.05, 0) is 55.4 Å². The van der Waals surface area contributed by atoms with Crippen molar-refractivity contribution < 1.29 is 14.6 Å². The fourth-order valence-electron chi connectivity index (χ4n) is 2.22. The summed E-state index contributed by atoms with van der Waals surface area (Å²) in [5.41, 5.74) is 1.15. The van der Waals surface area contributed by atoms with Crippen LogP contribution in [-0.4, -0.2) is 17.2 Å². The molecule has 0 aromatic heterocycles. The number of benzene rings is 1. The number of rotatable bonds is 5. The van der Waals surface area contributed by atoms with Gasteiger partial charge in [-0.3, -0.25) is 0 Å². The van der Waals surface area contributed by atoms with E-state index < -0.39 is 12.1 Å². The molecule has 1 aromatic rings. The molecule has 1 aromatic carbocycles. The summed E-state index contributed by atoms with van der Waals surface area (Å²) in [4.78, 5) is 11.2. The number of carbonyl (C=O) groups is 1. The number of carboxylic acids is 1. The van der Waals surface area contributed by atoms with Crippen LogP contribution in [0.5, 0.6) is 5.75 Å². The van der Waals surface area contributed by atoms with Gasteiger partial charge in [-0.2, -0.15) is 0 Å². The Morgan fingerprint density at radius 2 is 2.06 bits per heavy atom. The van der Waals surface area contributed by atoms with Crippen LogP contribution < -0.4 is 4.74 Å². The van der Waals surface area contributed by atoms with E-state index in [1.165, 1.54) is 12.8 Å². The largest absolute Gasteiger partial charge is 0.478 e. The van der Waals surface area contributed by atoms with Crippen molar-refractivity contribution in [2.75, 3.05) is 0 Å². The van der Waals surface area contributed by atoms with Crippen LogP contribution in [0.3, 0.4) is 0 Å². The van der Waals surface area contributed by atoms with Gasteiger partial charge < -0.3 is 9.84 Å². The first kappa shape index (κ1) is 12.0. The van der Waals surface area contributed by atoms with E-state index in [0.717, 1.165) is 28.6 Å². The molecule has 2 fully saturated rings. The Morgan fingerprint density at radius 1 is 1.33 bits per heavy atom. The lowest BCUT2D eigenvalue weighted by atomic mass is 10.1. The highest BCUT2D eigenvalue weighted by Crippen LogP contribution is 2.46. The van der Waals surface area contributed by atoms with Crippen molar-refractivity contribution in [3.8, 4) is 5.75 Å². The van der Waals surface area contributed by atoms with Crippen molar-refractivity contribution in [2.24, 2.45) is 5.92 Å². The van der Waals surface area contributed by atoms with E-state index in [1.807, 2.05) is 12.1 Å². The van der Waals surface area contributed by atoms with Gasteiger partial charge in [-0.1, -0.05) is 15.9 Å². The Balaban J connectivity index is 1.84. The molecule has 18 heavy (non-hydrogen) atoms. The molecule has 1 N–H and O–H groups in total. The van der Waals surface area contributed by atoms with Crippen LogP contribution in [0.4, 0.5) is 0 Å². The molecule has 0 amide bonds. The number of hydrogen-bond acceptors (Lipinski definition) is 2. The molecule has 0 radical (unpaired) electrons. The van der Waals surface area contributed by atoms with Crippen molar-refractivity contribution in [1.29, 1.82) is 0 Å². The highest BCUT2D eigenvalue weighted by molar-refractivity contribution is 9.10. The quantitative estimate of drug-likeness (QED) is 0.904. The van der Waals surface area contributed by atoms with Crippen molar-refractivity contribution in [3.05, 3.63) is 28.2 Å². The maximum absolute atomic E-state index is 11.2. The molecule has 2 aliphatic rings. The van der Waals surface area contributed by atoms with E-state index >= 15 is 0 Å². The number of ether oxygens (including phenoxy) is 1. The van der Waals surface area contributed by atoms with E-state index in [1.54, 1.807) is 0 Å². The van der Waals surface area contributed by atoms with Crippen molar-refractivity contribution in [1.82, 2.24) is 0 Å². The number of halogens is 1. The van der Waals surface area contributed by atoms with Crippen molar-refractivity contribution in [2.45, 2.75) is 37.7 Å². The maximum Gasteiger partial charge on any atom is 0.345 e. The van der Waals surface area contributed by atoms with Gasteiger partial charge in [0.05, 0.1) is 0 Å². The predicted octanol–water partition coefficient (Wildman–Crippen LogP) is 3.57. The lowest BCUT2D eigenvalue weighted by Crippen LogP contribution is -2.29. The highest BCUT2D eigenvalue weighted by atomic mass is 79.9. The molecule has 0 saturated heterocycles. The van der Waals surface area contributed by atoms with Gasteiger partial charge in [0, 0.05) is 10.4 Å². The van der Waals surface area contributed by atoms with E-state index in [-0.39, 0.29) is 5.92 Å². The Kier molecular flexibility index (Phi) is 3.06. The second-order valence-electron chi connectivity index (χ2n) is 5.17. The summed E-state index contributed by atoms with van der Waals surface area (Å²) in [6, 6.07) is 5.85. The predicted molar refractivity (Wildman–Crippen MR) is 70.9 cm³/mol. The summed E-state index contributed by atoms with van der Waals surface area (Å²) in [5.74, 6) is 0.645. The minimum absolute atomic E-state index is 0.193. The molecule has 0 unspecified atom stereocenters. The fraction of sp³-hybridized carbons (Fsp3) is 0.500. The fourth-order valence-corrected chi connectivity index (χ4v) is 2.60. The molecule has 96 valence electrons. The van der Waals surface area contributed by atoms with Crippen LogP contribution >= 0.6 is 15.9 Å². The first-order valence-electron chi connectivity index (χ1n) is 6.34. The monoisotopic (exact) mass is 310 g/mol. The second-order valence-corrected chi connectivity index (χ2v) is 6.09. The molecule has 3 rings (SSSR count). The molecule has 3 nitrogen and oxygen atoms in total. The Labute approximate surface area is 114 Å². The summed E-state index contributed by atoms with van der Waals surface area (Å²) in [6.07, 6.45) is 3.60. The zero-order valence-corrected chi connectivity index (χ0v) is 11.5. The number of hydrogen-bond donors (Lipinski definition) is 1. The maximum atomic E-state index is 11.2. The SMILES string of the molecule is O=C(O)[C@@H](Oc1ccc(Br)cc1C1CC1)C1CC1. The molecular formula is C14H15BrO3. The summed E-state index contributed by atoms with van der Waals surface area (Å²) < 4.78 is 6.79. The standard InChI is InChI=1S/C14H15BrO3/c15-10-5-6-12(11(7-10)8-1-2-8)18-13(14(16)17)9-3-4-9/h5-9,13H,1-4H2,(H,16,17)/t13-/m0/s1. The third kappa shape index (κ3) is 2.53. The lowest BCUT2D eigenvalue weighted by Gasteiger charge is -2.17. The Hall–Kier alpha value is -1.03. The molecule has 1 atom stereocenters. The van der Waals surface area contributed by atoms with Crippen LogP contribution in [0.15, 0.2) is 22.7 Å². The average Bonchev–Trinajstić information content (AvgIpc) is 3.17. The summed E-state index contributed by atoms with van der Waals surface area (Å²) >= 11 is 3.46. The molecule has 2 saturated carbocycles. The van der Waals surface area contributed by atoms with Gasteiger partial charge in [-0.15, -0.1) is 0 Å². The smallest absolute Gasteiger partial charge is 0.345 e. The first-order valence-corrected chi connectivity index (χ1v) is 7.13. The van der Waals surface area contributed by atoms with Crippen LogP contribution in [0.1, 0.15) is 37.2 Å². The normalized spacial score (nSPS) is 20.5. The van der Waals surface area contributed by atoms with Crippen molar-refractivity contribution in [3.63, 3.8) is 0 Å². The first-order chi connectivity index (χ1) is 8.65. The molecule has 0 heterocycles. The minimum atomic E-state index is -0.845. The van der Waals surface area contributed by atoms with Crippen molar-refractivity contribution >= 4 is 21.9 Å². The number of aliphatic carboxylic acids is 1. The summed E-state index contributed by atoms with van der Waals surface area (Å²) in [5, 5.41) is 9.21. The topological polar surface area (TPSA) is 46.5 Å². The van der Waals surface area contributed by atoms with E-state index in [0.29, 0.717) is 5.92 Å². The van der Waals surface area contributed by atoms with Crippen LogP contribution in [-0.2, 0) is 4.79 Å². The molecule has 0 bridgehead atoms. The molecule has 4 heteroatoms. The Morgan fingerprint density at radius 3 is 2.61 bits per heavy atom. The van der Waals surface area contributed by atoms with Gasteiger partial charge >= 0.3 is 5.97 Å². The van der Waals surface area contributed by atoms with E-state index in [4.69, 9.17) is 4.74 Å². The van der Waals surface area contributed by atoms with E-state index in [9.17, 15) is 9.90 Å². The molecule has 0 aliphatic heterocycles. The van der Waals surface area contributed by atoms with Crippen LogP contribution in [0, 0.1) is 5.92 Å². The number of carboxylic acid groups (broad SMARTS) is 1. The highest BCUT2D eigenvalue weighted by Gasteiger charge is 2.39. The van der Waals surface area contributed by atoms with E-state index in [2.05, 4.69) is 22.0 Å². The van der Waals surface area contributed by atoms with Gasteiger partial charge in [0.2, 0.25) is 0 Å². The molecule has 0 spiro atoms. The average molecular weight is 311 g/mol. The lowest BCUT2D eigenvalue weighted by molar-refractivity contribution is -0.146. The third-order valence-corrected chi connectivity index (χ3v) is 4.03. The minimum Gasteiger partial charge on any atom is -0.478 e. The van der Waals surface area contributed by atoms with Gasteiger partial charge in [0.25, 0.3) is 0 Å². The van der Waals surface area contributed by atoms with Gasteiger partial charge in [0.15, 0.2) is 6.10 Å². The zero-order valence-electron chi connectivity index (χ0n) is 9.93. The summed E-state index contributed by atoms with van der Waals surface area (Å²) in [7, 11) is 0. The van der Waals surface area contributed by atoms with Gasteiger partial charge in [0.1, 0.15) is 5.75 Å². The third-order valence-electron chi connectivity index (χ3n) is 3.54. The summed E-state index contributed by atoms with van der Waals surface area (Å²) in [6.45, 7) is 0.